The number of urea groups is 1. The van der Waals surface area contributed by atoms with Gasteiger partial charge in [-0.1, -0.05) is 24.3 Å². The van der Waals surface area contributed by atoms with Crippen LogP contribution in [0.25, 0.3) is 5.70 Å². The molecule has 0 saturated carbocycles. The minimum absolute atomic E-state index is 0.0814. The average molecular weight is 527 g/mol. The van der Waals surface area contributed by atoms with Crippen molar-refractivity contribution < 1.29 is 14.3 Å². The molecule has 0 aliphatic carbocycles. The van der Waals surface area contributed by atoms with Crippen molar-refractivity contribution in [3.05, 3.63) is 83.9 Å². The van der Waals surface area contributed by atoms with E-state index in [1.807, 2.05) is 31.3 Å². The number of likely N-dealkylation sites (N-methyl/N-ethyl adjacent to an activating group) is 2. The number of carbonyl (C=O) groups excluding carboxylic acids is 1. The van der Waals surface area contributed by atoms with Crippen LogP contribution in [-0.4, -0.2) is 69.4 Å². The normalized spacial score (nSPS) is 19.3. The number of piperazine rings is 1. The summed E-state index contributed by atoms with van der Waals surface area (Å²) in [5.41, 5.74) is 9.51. The van der Waals surface area contributed by atoms with Crippen LogP contribution in [0.1, 0.15) is 17.2 Å². The molecule has 3 aliphatic heterocycles. The molecular formula is C30H34N6O3. The summed E-state index contributed by atoms with van der Waals surface area (Å²) in [4.78, 5) is 17.4. The summed E-state index contributed by atoms with van der Waals surface area (Å²) < 4.78 is 11.1. The second-order valence-electron chi connectivity index (χ2n) is 10.1. The van der Waals surface area contributed by atoms with E-state index in [1.54, 1.807) is 18.2 Å². The Bertz CT molecular complexity index is 1350. The molecule has 9 nitrogen and oxygen atoms in total. The fraction of sp³-hybridized carbons (Fsp3) is 0.300. The molecule has 3 aromatic carbocycles. The highest BCUT2D eigenvalue weighted by Gasteiger charge is 2.24. The minimum Gasteiger partial charge on any atom is -0.486 e. The molecular weight excluding hydrogens is 492 g/mol. The van der Waals surface area contributed by atoms with E-state index < -0.39 is 0 Å². The van der Waals surface area contributed by atoms with E-state index >= 15 is 0 Å². The van der Waals surface area contributed by atoms with Crippen molar-refractivity contribution in [2.75, 3.05) is 69.0 Å². The van der Waals surface area contributed by atoms with Gasteiger partial charge in [0.25, 0.3) is 0 Å². The van der Waals surface area contributed by atoms with Gasteiger partial charge in [0.05, 0.1) is 11.7 Å². The Morgan fingerprint density at radius 3 is 2.23 bits per heavy atom. The summed E-state index contributed by atoms with van der Waals surface area (Å²) in [5.74, 6) is 1.32. The highest BCUT2D eigenvalue weighted by atomic mass is 16.6. The van der Waals surface area contributed by atoms with Crippen LogP contribution in [0.3, 0.4) is 0 Å². The topological polar surface area (TPSA) is 81.3 Å². The highest BCUT2D eigenvalue weighted by Crippen LogP contribution is 2.33. The molecule has 3 N–H and O–H groups in total. The Labute approximate surface area is 229 Å². The maximum Gasteiger partial charge on any atom is 0.323 e. The molecule has 9 heteroatoms. The first-order valence-corrected chi connectivity index (χ1v) is 13.3. The van der Waals surface area contributed by atoms with Crippen LogP contribution in [-0.2, 0) is 0 Å². The summed E-state index contributed by atoms with van der Waals surface area (Å²) >= 11 is 0. The molecule has 0 bridgehead atoms. The molecule has 39 heavy (non-hydrogen) atoms. The molecule has 2 amide bonds. The molecule has 0 spiro atoms. The third kappa shape index (κ3) is 5.64. The van der Waals surface area contributed by atoms with Crippen molar-refractivity contribution in [3.63, 3.8) is 0 Å². The predicted molar refractivity (Wildman–Crippen MR) is 154 cm³/mol. The first-order valence-electron chi connectivity index (χ1n) is 13.3. The van der Waals surface area contributed by atoms with Crippen LogP contribution in [0.2, 0.25) is 0 Å². The number of hydrogen-bond acceptors (Lipinski definition) is 7. The lowest BCUT2D eigenvalue weighted by Crippen LogP contribution is -2.44. The van der Waals surface area contributed by atoms with Gasteiger partial charge in [-0.15, -0.1) is 0 Å². The van der Waals surface area contributed by atoms with Crippen molar-refractivity contribution in [1.29, 1.82) is 0 Å². The lowest BCUT2D eigenvalue weighted by Gasteiger charge is -2.34. The maximum atomic E-state index is 12.6. The molecule has 0 aromatic heterocycles. The van der Waals surface area contributed by atoms with Gasteiger partial charge in [0.15, 0.2) is 11.5 Å². The molecule has 0 radical (unpaired) electrons. The number of ether oxygens (including phenoxy) is 2. The average Bonchev–Trinajstić information content (AvgIpc) is 3.35. The van der Waals surface area contributed by atoms with Crippen LogP contribution in [0.5, 0.6) is 11.5 Å². The Morgan fingerprint density at radius 1 is 0.821 bits per heavy atom. The summed E-state index contributed by atoms with van der Waals surface area (Å²) in [6, 6.07) is 21.9. The summed E-state index contributed by atoms with van der Waals surface area (Å²) in [6.45, 7) is 5.35. The SMILES string of the molecule is CN1CCN(c2ccc(C3=CC(c4ccc(NC(=O)Nc5ccc6c(c5)OCCO6)cc4)N(C)N3)cc2)CC1. The van der Waals surface area contributed by atoms with E-state index in [-0.39, 0.29) is 12.1 Å². The number of amides is 2. The molecule has 3 aliphatic rings. The van der Waals surface area contributed by atoms with Gasteiger partial charge in [-0.25, -0.2) is 9.80 Å². The van der Waals surface area contributed by atoms with Gasteiger partial charge in [-0.3, -0.25) is 0 Å². The number of hydrazine groups is 1. The first-order chi connectivity index (χ1) is 19.0. The number of carbonyl (C=O) groups is 1. The van der Waals surface area contributed by atoms with Gasteiger partial charge in [0.2, 0.25) is 0 Å². The van der Waals surface area contributed by atoms with Gasteiger partial charge in [0, 0.05) is 56.4 Å². The van der Waals surface area contributed by atoms with Crippen LogP contribution in [0.15, 0.2) is 72.8 Å². The van der Waals surface area contributed by atoms with E-state index in [0.29, 0.717) is 36.1 Å². The van der Waals surface area contributed by atoms with Crippen LogP contribution >= 0.6 is 0 Å². The molecule has 1 atom stereocenters. The Balaban J connectivity index is 1.07. The summed E-state index contributed by atoms with van der Waals surface area (Å²) in [7, 11) is 4.22. The first kappa shape index (κ1) is 25.1. The van der Waals surface area contributed by atoms with E-state index in [0.717, 1.165) is 43.0 Å². The predicted octanol–water partition coefficient (Wildman–Crippen LogP) is 4.39. The van der Waals surface area contributed by atoms with Gasteiger partial charge >= 0.3 is 6.03 Å². The van der Waals surface area contributed by atoms with Gasteiger partial charge in [0.1, 0.15) is 13.2 Å². The zero-order chi connectivity index (χ0) is 26.8. The quantitative estimate of drug-likeness (QED) is 0.455. The number of rotatable bonds is 5. The fourth-order valence-electron chi connectivity index (χ4n) is 5.14. The van der Waals surface area contributed by atoms with Crippen molar-refractivity contribution in [1.82, 2.24) is 15.3 Å². The number of anilines is 3. The van der Waals surface area contributed by atoms with Gasteiger partial charge < -0.3 is 35.3 Å². The molecule has 6 rings (SSSR count). The molecule has 1 fully saturated rings. The third-order valence-corrected chi connectivity index (χ3v) is 7.40. The van der Waals surface area contributed by atoms with Crippen molar-refractivity contribution in [2.45, 2.75) is 6.04 Å². The second kappa shape index (κ2) is 10.9. The number of nitrogens with zero attached hydrogens (tertiary/aromatic N) is 3. The van der Waals surface area contributed by atoms with Gasteiger partial charge in [-0.2, -0.15) is 0 Å². The fourth-order valence-corrected chi connectivity index (χ4v) is 5.14. The minimum atomic E-state index is -0.318. The standard InChI is InChI=1S/C30H34N6O3/c1-34-13-15-36(16-14-34)25-10-5-21(6-11-25)26-20-27(35(2)33-26)22-3-7-23(8-4-22)31-30(37)32-24-9-12-28-29(19-24)39-18-17-38-28/h3-12,19-20,27,33H,13-18H2,1-2H3,(H2,31,32,37). The van der Waals surface area contributed by atoms with Crippen LogP contribution in [0, 0.1) is 0 Å². The van der Waals surface area contributed by atoms with E-state index in [1.165, 1.54) is 5.69 Å². The molecule has 1 saturated heterocycles. The highest BCUT2D eigenvalue weighted by molar-refractivity contribution is 6.00. The Hall–Kier alpha value is -4.21. The smallest absolute Gasteiger partial charge is 0.323 e. The van der Waals surface area contributed by atoms with Gasteiger partial charge in [-0.05, 0) is 60.6 Å². The lowest BCUT2D eigenvalue weighted by molar-refractivity contribution is 0.171. The Kier molecular flexibility index (Phi) is 7.00. The summed E-state index contributed by atoms with van der Waals surface area (Å²) in [6.07, 6.45) is 2.24. The van der Waals surface area contributed by atoms with Crippen molar-refractivity contribution >= 4 is 28.8 Å². The Morgan fingerprint density at radius 2 is 1.49 bits per heavy atom. The molecule has 1 unspecified atom stereocenters. The number of hydrogen-bond donors (Lipinski definition) is 3. The largest absolute Gasteiger partial charge is 0.486 e. The molecule has 202 valence electrons. The number of nitrogens with one attached hydrogen (secondary N) is 3. The zero-order valence-corrected chi connectivity index (χ0v) is 22.3. The van der Waals surface area contributed by atoms with Crippen LogP contribution in [0.4, 0.5) is 21.9 Å². The van der Waals surface area contributed by atoms with Crippen LogP contribution < -0.4 is 30.4 Å². The number of benzene rings is 3. The van der Waals surface area contributed by atoms with Crippen molar-refractivity contribution in [2.24, 2.45) is 0 Å². The lowest BCUT2D eigenvalue weighted by atomic mass is 10.0. The van der Waals surface area contributed by atoms with E-state index in [4.69, 9.17) is 9.47 Å². The summed E-state index contributed by atoms with van der Waals surface area (Å²) in [5, 5.41) is 7.84. The maximum absolute atomic E-state index is 12.6. The van der Waals surface area contributed by atoms with E-state index in [2.05, 4.69) is 68.3 Å². The molecule has 3 heterocycles. The monoisotopic (exact) mass is 526 g/mol. The number of fused-ring (bicyclic) bond motifs is 1. The third-order valence-electron chi connectivity index (χ3n) is 7.40. The van der Waals surface area contributed by atoms with E-state index in [9.17, 15) is 4.79 Å². The second-order valence-corrected chi connectivity index (χ2v) is 10.1. The molecule has 3 aromatic rings. The van der Waals surface area contributed by atoms with Crippen molar-refractivity contribution in [3.8, 4) is 11.5 Å². The zero-order valence-electron chi connectivity index (χ0n) is 22.3.